The lowest BCUT2D eigenvalue weighted by atomic mass is 9.43. The third-order valence-corrected chi connectivity index (χ3v) is 10.4. The number of hydroxylamine groups is 1. The molecule has 0 radical (unpaired) electrons. The first-order valence-electron chi connectivity index (χ1n) is 14.9. The van der Waals surface area contributed by atoms with Crippen LogP contribution in [0.2, 0.25) is 5.02 Å². The van der Waals surface area contributed by atoms with Crippen molar-refractivity contribution in [3.8, 4) is 0 Å². The topological polar surface area (TPSA) is 49.9 Å². The van der Waals surface area contributed by atoms with Crippen molar-refractivity contribution in [1.82, 2.24) is 0 Å². The van der Waals surface area contributed by atoms with E-state index in [0.717, 1.165) is 39.1 Å². The molecule has 3 aliphatic carbocycles. The maximum Gasteiger partial charge on any atom is 0.271 e. The van der Waals surface area contributed by atoms with Crippen molar-refractivity contribution in [3.05, 3.63) is 166 Å². The summed E-state index contributed by atoms with van der Waals surface area (Å²) >= 11 is 6.41. The van der Waals surface area contributed by atoms with Crippen LogP contribution < -0.4 is 9.96 Å². The number of imide groups is 1. The number of halogens is 1. The molecule has 2 fully saturated rings. The molecule has 0 N–H and O–H groups in total. The fraction of sp³-hybridized carbons (Fsp3) is 0.158. The van der Waals surface area contributed by atoms with E-state index in [1.165, 1.54) is 4.90 Å². The second-order valence-electron chi connectivity index (χ2n) is 12.2. The highest BCUT2D eigenvalue weighted by Crippen LogP contribution is 2.77. The van der Waals surface area contributed by atoms with Crippen LogP contribution >= 0.6 is 11.6 Å². The van der Waals surface area contributed by atoms with Crippen LogP contribution in [0.3, 0.4) is 0 Å². The Morgan fingerprint density at radius 1 is 0.636 bits per heavy atom. The van der Waals surface area contributed by atoms with Gasteiger partial charge >= 0.3 is 0 Å². The highest BCUT2D eigenvalue weighted by atomic mass is 35.5. The number of aryl methyl sites for hydroxylation is 1. The van der Waals surface area contributed by atoms with Gasteiger partial charge in [0, 0.05) is 10.9 Å². The Morgan fingerprint density at radius 2 is 1.20 bits per heavy atom. The van der Waals surface area contributed by atoms with Crippen LogP contribution in [0.1, 0.15) is 51.3 Å². The highest BCUT2D eigenvalue weighted by molar-refractivity contribution is 6.31. The van der Waals surface area contributed by atoms with E-state index in [9.17, 15) is 0 Å². The minimum absolute atomic E-state index is 0.245. The highest BCUT2D eigenvalue weighted by Gasteiger charge is 2.87. The minimum Gasteiger partial charge on any atom is -0.273 e. The molecule has 0 saturated carbocycles. The standard InChI is InChI=1S/C38H27ClN2O3/c1-23-10-9-13-27(22-23)40-35(42)37-32-28-14-5-7-16-30(28)33(31-17-8-6-15-29(31)32)38(37,36(40)43)44-41(26-11-3-2-4-12-26)34(37)24-18-20-25(39)21-19-24/h2-22,32-34H,1H3. The van der Waals surface area contributed by atoms with E-state index in [1.807, 2.05) is 115 Å². The molecule has 214 valence electrons. The number of para-hydroxylation sites is 1. The molecular weight excluding hydrogens is 568 g/mol. The molecule has 2 heterocycles. The number of hydrogen-bond acceptors (Lipinski definition) is 4. The Kier molecular flexibility index (Phi) is 5.22. The summed E-state index contributed by atoms with van der Waals surface area (Å²) in [6.07, 6.45) is 0. The van der Waals surface area contributed by atoms with Gasteiger partial charge in [0.2, 0.25) is 11.5 Å². The predicted octanol–water partition coefficient (Wildman–Crippen LogP) is 7.73. The van der Waals surface area contributed by atoms with Crippen molar-refractivity contribution in [3.63, 3.8) is 0 Å². The monoisotopic (exact) mass is 594 g/mol. The Bertz CT molecular complexity index is 1960. The largest absolute Gasteiger partial charge is 0.273 e. The normalized spacial score (nSPS) is 27.6. The maximum absolute atomic E-state index is 15.7. The van der Waals surface area contributed by atoms with Crippen molar-refractivity contribution in [1.29, 1.82) is 0 Å². The smallest absolute Gasteiger partial charge is 0.271 e. The van der Waals surface area contributed by atoms with Crippen LogP contribution in [0.25, 0.3) is 0 Å². The summed E-state index contributed by atoms with van der Waals surface area (Å²) in [5.41, 5.74) is 4.49. The molecule has 2 amide bonds. The predicted molar refractivity (Wildman–Crippen MR) is 170 cm³/mol. The lowest BCUT2D eigenvalue weighted by molar-refractivity contribution is -0.153. The molecule has 3 atom stereocenters. The third kappa shape index (κ3) is 2.94. The zero-order valence-electron chi connectivity index (χ0n) is 23.9. The number of rotatable bonds is 3. The van der Waals surface area contributed by atoms with Gasteiger partial charge in [-0.25, -0.2) is 9.96 Å². The second kappa shape index (κ2) is 8.91. The Labute approximate surface area is 260 Å². The molecule has 2 aliphatic heterocycles. The van der Waals surface area contributed by atoms with Crippen LogP contribution in [0.5, 0.6) is 0 Å². The molecule has 5 aliphatic rings. The quantitative estimate of drug-likeness (QED) is 0.201. The van der Waals surface area contributed by atoms with E-state index < -0.39 is 28.9 Å². The summed E-state index contributed by atoms with van der Waals surface area (Å²) in [7, 11) is 0. The second-order valence-corrected chi connectivity index (χ2v) is 12.7. The molecular formula is C38H27ClN2O3. The molecule has 5 aromatic carbocycles. The van der Waals surface area contributed by atoms with Gasteiger partial charge in [0.1, 0.15) is 11.5 Å². The van der Waals surface area contributed by atoms with E-state index in [0.29, 0.717) is 10.7 Å². The van der Waals surface area contributed by atoms with Gasteiger partial charge in [0.15, 0.2) is 0 Å². The van der Waals surface area contributed by atoms with Crippen LogP contribution in [0, 0.1) is 12.3 Å². The first kappa shape index (κ1) is 25.8. The van der Waals surface area contributed by atoms with E-state index in [4.69, 9.17) is 16.4 Å². The first-order valence-corrected chi connectivity index (χ1v) is 15.3. The van der Waals surface area contributed by atoms with Gasteiger partial charge in [-0.2, -0.15) is 0 Å². The number of hydrogen-bond donors (Lipinski definition) is 0. The van der Waals surface area contributed by atoms with Gasteiger partial charge < -0.3 is 0 Å². The fourth-order valence-electron chi connectivity index (χ4n) is 8.68. The molecule has 2 saturated heterocycles. The number of benzene rings is 5. The van der Waals surface area contributed by atoms with Gasteiger partial charge in [-0.05, 0) is 76.7 Å². The van der Waals surface area contributed by atoms with E-state index in [1.54, 1.807) is 0 Å². The summed E-state index contributed by atoms with van der Waals surface area (Å²) in [6, 6.07) is 40.9. The zero-order chi connectivity index (χ0) is 29.8. The average molecular weight is 595 g/mol. The lowest BCUT2D eigenvalue weighted by Gasteiger charge is -2.55. The Balaban J connectivity index is 1.43. The first-order chi connectivity index (χ1) is 21.5. The van der Waals surface area contributed by atoms with Crippen LogP contribution in [0.15, 0.2) is 127 Å². The molecule has 44 heavy (non-hydrogen) atoms. The number of amides is 2. The summed E-state index contributed by atoms with van der Waals surface area (Å²) in [4.78, 5) is 39.7. The van der Waals surface area contributed by atoms with Crippen molar-refractivity contribution >= 4 is 34.8 Å². The molecule has 6 heteroatoms. The average Bonchev–Trinajstić information content (AvgIpc) is 3.49. The zero-order valence-corrected chi connectivity index (χ0v) is 24.6. The number of carbonyl (C=O) groups excluding carboxylic acids is 2. The molecule has 3 unspecified atom stereocenters. The summed E-state index contributed by atoms with van der Waals surface area (Å²) in [6.45, 7) is 1.97. The Morgan fingerprint density at radius 3 is 1.82 bits per heavy atom. The van der Waals surface area contributed by atoms with Crippen LogP contribution in [-0.2, 0) is 14.4 Å². The van der Waals surface area contributed by atoms with Gasteiger partial charge in [-0.15, -0.1) is 0 Å². The number of nitrogens with zero attached hydrogens (tertiary/aromatic N) is 2. The number of carbonyl (C=O) groups is 2. The summed E-state index contributed by atoms with van der Waals surface area (Å²) in [5, 5.41) is 2.43. The van der Waals surface area contributed by atoms with Gasteiger partial charge in [-0.3, -0.25) is 14.4 Å². The van der Waals surface area contributed by atoms with Crippen molar-refractivity contribution in [2.45, 2.75) is 30.4 Å². The molecule has 0 aromatic heterocycles. The van der Waals surface area contributed by atoms with Crippen molar-refractivity contribution in [2.75, 3.05) is 9.96 Å². The van der Waals surface area contributed by atoms with Crippen molar-refractivity contribution < 1.29 is 14.4 Å². The number of anilines is 2. The maximum atomic E-state index is 15.7. The third-order valence-electron chi connectivity index (χ3n) is 10.2. The van der Waals surface area contributed by atoms with E-state index in [-0.39, 0.29) is 11.8 Å². The molecule has 0 spiro atoms. The lowest BCUT2D eigenvalue weighted by Crippen LogP contribution is -2.63. The minimum atomic E-state index is -1.54. The van der Waals surface area contributed by atoms with Gasteiger partial charge in [0.25, 0.3) is 5.91 Å². The molecule has 5 nitrogen and oxygen atoms in total. The van der Waals surface area contributed by atoms with Gasteiger partial charge in [-0.1, -0.05) is 103 Å². The SMILES string of the molecule is Cc1cccc(N2C(=O)C34ON(c5ccccc5)C(c5ccc(Cl)cc5)C3(C2=O)C2c3ccccc3C4c3ccccc32)c1. The summed E-state index contributed by atoms with van der Waals surface area (Å²) in [5.74, 6) is -1.52. The van der Waals surface area contributed by atoms with Crippen LogP contribution in [-0.4, -0.2) is 17.4 Å². The van der Waals surface area contributed by atoms with Gasteiger partial charge in [0.05, 0.1) is 17.3 Å². The molecule has 2 bridgehead atoms. The fourth-order valence-corrected chi connectivity index (χ4v) is 8.80. The molecule has 5 aromatic rings. The van der Waals surface area contributed by atoms with E-state index >= 15 is 9.59 Å². The van der Waals surface area contributed by atoms with E-state index in [2.05, 4.69) is 24.3 Å². The Hall–Kier alpha value is -4.71. The van der Waals surface area contributed by atoms with Crippen LogP contribution in [0.4, 0.5) is 11.4 Å². The van der Waals surface area contributed by atoms with Crippen molar-refractivity contribution in [2.24, 2.45) is 5.41 Å². The molecule has 10 rings (SSSR count). The summed E-state index contributed by atoms with van der Waals surface area (Å²) < 4.78 is 0.